The van der Waals surface area contributed by atoms with Crippen molar-refractivity contribution in [1.82, 2.24) is 19.6 Å². The van der Waals surface area contributed by atoms with Crippen LogP contribution in [0.4, 0.5) is 0 Å². The van der Waals surface area contributed by atoms with E-state index in [0.717, 1.165) is 13.0 Å². The smallest absolute Gasteiger partial charge is 0.343 e. The van der Waals surface area contributed by atoms with Crippen molar-refractivity contribution < 1.29 is 14.6 Å². The van der Waals surface area contributed by atoms with Crippen LogP contribution in [0.2, 0.25) is 0 Å². The number of hydrogen-bond acceptors (Lipinski definition) is 4. The van der Waals surface area contributed by atoms with Gasteiger partial charge in [-0.15, -0.1) is 0 Å². The lowest BCUT2D eigenvalue weighted by Gasteiger charge is -2.21. The van der Waals surface area contributed by atoms with Crippen LogP contribution in [0.5, 0.6) is 5.88 Å². The number of carboxylic acids is 1. The van der Waals surface area contributed by atoms with E-state index >= 15 is 0 Å². The van der Waals surface area contributed by atoms with Crippen molar-refractivity contribution >= 4 is 5.97 Å². The third-order valence-corrected chi connectivity index (χ3v) is 3.39. The lowest BCUT2D eigenvalue weighted by Crippen LogP contribution is -2.24. The molecule has 1 aliphatic heterocycles. The summed E-state index contributed by atoms with van der Waals surface area (Å²) in [6.45, 7) is 5.28. The van der Waals surface area contributed by atoms with Crippen molar-refractivity contribution in [1.29, 1.82) is 0 Å². The van der Waals surface area contributed by atoms with Gasteiger partial charge in [-0.2, -0.15) is 10.2 Å². The maximum Gasteiger partial charge on any atom is 0.343 e. The molecular formula is C13H16N4O3. The van der Waals surface area contributed by atoms with Gasteiger partial charge >= 0.3 is 5.97 Å². The molecule has 7 heteroatoms. The maximum atomic E-state index is 11.5. The van der Waals surface area contributed by atoms with Gasteiger partial charge in [0.2, 0.25) is 5.88 Å². The molecule has 2 aromatic rings. The van der Waals surface area contributed by atoms with E-state index in [1.807, 2.05) is 20.0 Å². The molecule has 0 saturated carbocycles. The third-order valence-electron chi connectivity index (χ3n) is 3.39. The minimum atomic E-state index is -1.04. The molecule has 0 bridgehead atoms. The number of ether oxygens (including phenoxy) is 1. The predicted octanol–water partition coefficient (Wildman–Crippen LogP) is 1.64. The number of carbonyl (C=O) groups is 1. The fourth-order valence-electron chi connectivity index (χ4n) is 2.31. The number of carboxylic acid groups (broad SMARTS) is 1. The Morgan fingerprint density at radius 1 is 1.55 bits per heavy atom. The molecule has 7 nitrogen and oxygen atoms in total. The highest BCUT2D eigenvalue weighted by Gasteiger charge is 2.30. The van der Waals surface area contributed by atoms with Crippen LogP contribution in [0.15, 0.2) is 12.3 Å². The molecule has 1 aliphatic rings. The molecule has 0 aliphatic carbocycles. The Bertz CT molecular complexity index is 659. The van der Waals surface area contributed by atoms with E-state index in [1.165, 1.54) is 0 Å². The Morgan fingerprint density at radius 2 is 2.35 bits per heavy atom. The monoisotopic (exact) mass is 276 g/mol. The summed E-state index contributed by atoms with van der Waals surface area (Å²) < 4.78 is 9.00. The minimum Gasteiger partial charge on any atom is -0.477 e. The van der Waals surface area contributed by atoms with Gasteiger partial charge in [0.25, 0.3) is 0 Å². The largest absolute Gasteiger partial charge is 0.477 e. The van der Waals surface area contributed by atoms with E-state index < -0.39 is 5.97 Å². The van der Waals surface area contributed by atoms with Crippen molar-refractivity contribution in [2.75, 3.05) is 0 Å². The number of aromatic nitrogens is 4. The third kappa shape index (κ3) is 1.95. The summed E-state index contributed by atoms with van der Waals surface area (Å²) >= 11 is 0. The molecular weight excluding hydrogens is 260 g/mol. The summed E-state index contributed by atoms with van der Waals surface area (Å²) in [6, 6.07) is 1.77. The number of aromatic carboxylic acids is 1. The van der Waals surface area contributed by atoms with Gasteiger partial charge < -0.3 is 9.84 Å². The summed E-state index contributed by atoms with van der Waals surface area (Å²) in [5.74, 6) is -0.710. The van der Waals surface area contributed by atoms with E-state index in [-0.39, 0.29) is 11.7 Å². The molecule has 1 atom stereocenters. The Labute approximate surface area is 115 Å². The quantitative estimate of drug-likeness (QED) is 0.921. The van der Waals surface area contributed by atoms with E-state index in [9.17, 15) is 9.90 Å². The van der Waals surface area contributed by atoms with E-state index in [2.05, 4.69) is 10.2 Å². The molecule has 0 aromatic carbocycles. The first-order valence-electron chi connectivity index (χ1n) is 6.64. The SMILES string of the molecule is CCn1ccc(-c2nn3c(c2C(=O)O)O[C@H](C)CC3)n1. The summed E-state index contributed by atoms with van der Waals surface area (Å²) in [4.78, 5) is 11.5. The fourth-order valence-corrected chi connectivity index (χ4v) is 2.31. The first kappa shape index (κ1) is 12.7. The molecule has 0 fully saturated rings. The highest BCUT2D eigenvalue weighted by Crippen LogP contribution is 2.33. The van der Waals surface area contributed by atoms with Crippen LogP contribution in [-0.4, -0.2) is 36.7 Å². The van der Waals surface area contributed by atoms with Gasteiger partial charge in [-0.05, 0) is 19.9 Å². The zero-order valence-electron chi connectivity index (χ0n) is 11.4. The van der Waals surface area contributed by atoms with Gasteiger partial charge in [0, 0.05) is 25.7 Å². The number of nitrogens with zero attached hydrogens (tertiary/aromatic N) is 4. The highest BCUT2D eigenvalue weighted by molar-refractivity contribution is 5.97. The van der Waals surface area contributed by atoms with Crippen LogP contribution in [0.1, 0.15) is 30.6 Å². The molecule has 20 heavy (non-hydrogen) atoms. The summed E-state index contributed by atoms with van der Waals surface area (Å²) in [7, 11) is 0. The van der Waals surface area contributed by atoms with Gasteiger partial charge in [-0.1, -0.05) is 0 Å². The van der Waals surface area contributed by atoms with Crippen LogP contribution < -0.4 is 4.74 Å². The second kappa shape index (κ2) is 4.66. The highest BCUT2D eigenvalue weighted by atomic mass is 16.5. The molecule has 0 amide bonds. The van der Waals surface area contributed by atoms with Gasteiger partial charge in [-0.3, -0.25) is 4.68 Å². The van der Waals surface area contributed by atoms with Crippen molar-refractivity contribution in [2.24, 2.45) is 0 Å². The van der Waals surface area contributed by atoms with Crippen molar-refractivity contribution in [3.8, 4) is 17.3 Å². The first-order chi connectivity index (χ1) is 9.60. The Kier molecular flexibility index (Phi) is 2.96. The zero-order chi connectivity index (χ0) is 14.3. The maximum absolute atomic E-state index is 11.5. The topological polar surface area (TPSA) is 82.2 Å². The van der Waals surface area contributed by atoms with E-state index in [1.54, 1.807) is 15.4 Å². The molecule has 0 spiro atoms. The van der Waals surface area contributed by atoms with Gasteiger partial charge in [0.1, 0.15) is 11.4 Å². The van der Waals surface area contributed by atoms with E-state index in [4.69, 9.17) is 4.74 Å². The number of rotatable bonds is 3. The Hall–Kier alpha value is -2.31. The normalized spacial score (nSPS) is 17.6. The predicted molar refractivity (Wildman–Crippen MR) is 70.8 cm³/mol. The molecule has 3 rings (SSSR count). The summed E-state index contributed by atoms with van der Waals surface area (Å²) in [6.07, 6.45) is 2.62. The number of fused-ring (bicyclic) bond motifs is 1. The second-order valence-corrected chi connectivity index (χ2v) is 4.83. The molecule has 1 N–H and O–H groups in total. The van der Waals surface area contributed by atoms with Gasteiger partial charge in [0.05, 0.1) is 6.10 Å². The number of hydrogen-bond donors (Lipinski definition) is 1. The van der Waals surface area contributed by atoms with Crippen molar-refractivity contribution in [2.45, 2.75) is 39.5 Å². The molecule has 3 heterocycles. The van der Waals surface area contributed by atoms with Crippen LogP contribution in [0.3, 0.4) is 0 Å². The zero-order valence-corrected chi connectivity index (χ0v) is 11.4. The molecule has 2 aromatic heterocycles. The summed E-state index contributed by atoms with van der Waals surface area (Å²) in [5.41, 5.74) is 1.02. The fraction of sp³-hybridized carbons (Fsp3) is 0.462. The lowest BCUT2D eigenvalue weighted by atomic mass is 10.2. The van der Waals surface area contributed by atoms with Crippen LogP contribution >= 0.6 is 0 Å². The average Bonchev–Trinajstić information content (AvgIpc) is 3.01. The van der Waals surface area contributed by atoms with E-state index in [0.29, 0.717) is 23.8 Å². The Morgan fingerprint density at radius 3 is 3.00 bits per heavy atom. The molecule has 0 radical (unpaired) electrons. The van der Waals surface area contributed by atoms with Gasteiger partial charge in [-0.25, -0.2) is 9.48 Å². The molecule has 0 saturated heterocycles. The van der Waals surface area contributed by atoms with Crippen molar-refractivity contribution in [3.05, 3.63) is 17.8 Å². The summed E-state index contributed by atoms with van der Waals surface area (Å²) in [5, 5.41) is 18.1. The first-order valence-corrected chi connectivity index (χ1v) is 6.64. The lowest BCUT2D eigenvalue weighted by molar-refractivity contribution is 0.0684. The average molecular weight is 276 g/mol. The van der Waals surface area contributed by atoms with Crippen LogP contribution in [0.25, 0.3) is 11.4 Å². The van der Waals surface area contributed by atoms with Crippen LogP contribution in [-0.2, 0) is 13.1 Å². The standard InChI is InChI=1S/C13H16N4O3/c1-3-16-6-5-9(14-16)11-10(13(18)19)12-17(15-11)7-4-8(2)20-12/h5-6,8H,3-4,7H2,1-2H3,(H,18,19)/t8-/m1/s1. The number of aryl methyl sites for hydroxylation is 2. The molecule has 106 valence electrons. The minimum absolute atomic E-state index is 0.00153. The Balaban J connectivity index is 2.13. The van der Waals surface area contributed by atoms with Gasteiger partial charge in [0.15, 0.2) is 5.56 Å². The van der Waals surface area contributed by atoms with Crippen LogP contribution in [0, 0.1) is 0 Å². The second-order valence-electron chi connectivity index (χ2n) is 4.83. The van der Waals surface area contributed by atoms with Crippen molar-refractivity contribution in [3.63, 3.8) is 0 Å². The molecule has 0 unspecified atom stereocenters.